The maximum atomic E-state index is 12.4. The van der Waals surface area contributed by atoms with Gasteiger partial charge in [0, 0.05) is 18.8 Å². The van der Waals surface area contributed by atoms with Crippen LogP contribution in [-0.4, -0.2) is 40.7 Å². The Morgan fingerprint density at radius 3 is 2.87 bits per heavy atom. The number of aliphatic hydroxyl groups excluding tert-OH is 1. The van der Waals surface area contributed by atoms with E-state index in [1.807, 2.05) is 43.3 Å². The molecule has 1 saturated carbocycles. The third-order valence-electron chi connectivity index (χ3n) is 5.55. The van der Waals surface area contributed by atoms with Gasteiger partial charge in [0.25, 0.3) is 0 Å². The van der Waals surface area contributed by atoms with Crippen molar-refractivity contribution in [2.24, 2.45) is 17.0 Å². The molecule has 0 aromatic heterocycles. The van der Waals surface area contributed by atoms with E-state index in [0.29, 0.717) is 37.9 Å². The number of aryl methyl sites for hydroxylation is 1. The number of ketones is 1. The van der Waals surface area contributed by atoms with E-state index in [-0.39, 0.29) is 37.1 Å². The molecule has 4 atom stereocenters. The zero-order chi connectivity index (χ0) is 21.9. The Bertz CT molecular complexity index is 747. The molecule has 0 radical (unpaired) electrons. The predicted molar refractivity (Wildman–Crippen MR) is 113 cm³/mol. The Balaban J connectivity index is 1.82. The average molecular weight is 418 g/mol. The Morgan fingerprint density at radius 2 is 2.17 bits per heavy atom. The summed E-state index contributed by atoms with van der Waals surface area (Å²) in [6, 6.07) is 7.04. The third kappa shape index (κ3) is 7.71. The van der Waals surface area contributed by atoms with Gasteiger partial charge in [-0.3, -0.25) is 9.59 Å². The lowest BCUT2D eigenvalue weighted by Gasteiger charge is -2.21. The molecule has 7 nitrogen and oxygen atoms in total. The molecule has 1 aliphatic carbocycles. The molecule has 1 fully saturated rings. The van der Waals surface area contributed by atoms with E-state index in [9.17, 15) is 19.6 Å². The van der Waals surface area contributed by atoms with Crippen LogP contribution < -0.4 is 4.74 Å². The van der Waals surface area contributed by atoms with Crippen molar-refractivity contribution in [2.75, 3.05) is 6.61 Å². The van der Waals surface area contributed by atoms with Crippen LogP contribution in [0.2, 0.25) is 0 Å². The van der Waals surface area contributed by atoms with Gasteiger partial charge in [-0.1, -0.05) is 29.5 Å². The first kappa shape index (κ1) is 23.7. The molecule has 0 amide bonds. The number of rotatable bonds is 13. The van der Waals surface area contributed by atoms with Gasteiger partial charge in [0.1, 0.15) is 24.2 Å². The van der Waals surface area contributed by atoms with Gasteiger partial charge < -0.3 is 14.9 Å². The summed E-state index contributed by atoms with van der Waals surface area (Å²) in [5.74, 6) is -0.561. The van der Waals surface area contributed by atoms with Gasteiger partial charge in [0.2, 0.25) is 0 Å². The fourth-order valence-electron chi connectivity index (χ4n) is 3.93. The van der Waals surface area contributed by atoms with Gasteiger partial charge in [-0.25, -0.2) is 0 Å². The second-order valence-electron chi connectivity index (χ2n) is 7.97. The van der Waals surface area contributed by atoms with Crippen LogP contribution in [0, 0.1) is 23.7 Å². The fourth-order valence-corrected chi connectivity index (χ4v) is 3.93. The largest absolute Gasteiger partial charge is 0.491 e. The minimum atomic E-state index is -0.820. The number of unbranched alkanes of at least 4 members (excludes halogenated alkanes) is 1. The quantitative estimate of drug-likeness (QED) is 0.284. The molecule has 1 aromatic carbocycles. The Hall–Kier alpha value is -2.54. The molecule has 0 spiro atoms. The predicted octanol–water partition coefficient (Wildman–Crippen LogP) is 4.06. The van der Waals surface area contributed by atoms with Gasteiger partial charge >= 0.3 is 5.97 Å². The molecule has 2 rings (SSSR count). The summed E-state index contributed by atoms with van der Waals surface area (Å²) in [5.41, 5.74) is 1.07. The highest BCUT2D eigenvalue weighted by atomic mass is 16.5. The highest BCUT2D eigenvalue weighted by Gasteiger charge is 2.42. The number of allylic oxidation sites excluding steroid dienone is 2. The van der Waals surface area contributed by atoms with Crippen LogP contribution in [0.1, 0.15) is 50.5 Å². The van der Waals surface area contributed by atoms with E-state index in [4.69, 9.17) is 9.84 Å². The number of nitrogens with zero attached hydrogens (tertiary/aromatic N) is 1. The maximum absolute atomic E-state index is 12.4. The fraction of sp³-hybridized carbons (Fsp3) is 0.565. The monoisotopic (exact) mass is 417 g/mol. The number of ether oxygens (including phenoxy) is 1. The summed E-state index contributed by atoms with van der Waals surface area (Å²) in [6.07, 6.45) is 6.02. The molecule has 1 aromatic rings. The summed E-state index contributed by atoms with van der Waals surface area (Å²) in [5, 5.41) is 22.1. The van der Waals surface area contributed by atoms with Gasteiger partial charge in [0.15, 0.2) is 0 Å². The molecule has 7 heteroatoms. The van der Waals surface area contributed by atoms with Crippen LogP contribution in [0.3, 0.4) is 0 Å². The molecule has 30 heavy (non-hydrogen) atoms. The molecule has 0 bridgehead atoms. The number of carbonyl (C=O) groups is 2. The number of carboxylic acid groups (broad SMARTS) is 1. The van der Waals surface area contributed by atoms with Crippen molar-refractivity contribution >= 4 is 11.8 Å². The maximum Gasteiger partial charge on any atom is 0.303 e. The zero-order valence-corrected chi connectivity index (χ0v) is 17.4. The smallest absolute Gasteiger partial charge is 0.303 e. The number of hydrogen-bond donors (Lipinski definition) is 2. The van der Waals surface area contributed by atoms with Crippen LogP contribution in [0.25, 0.3) is 0 Å². The molecular formula is C23H31NO6. The summed E-state index contributed by atoms with van der Waals surface area (Å²) in [4.78, 5) is 34.1. The first-order chi connectivity index (χ1) is 14.4. The van der Waals surface area contributed by atoms with E-state index in [0.717, 1.165) is 5.56 Å². The number of Topliss-reactive ketones (excluding diaryl/α,β-unsaturated/α-hetero) is 1. The topological polar surface area (TPSA) is 113 Å². The van der Waals surface area contributed by atoms with Crippen LogP contribution >= 0.6 is 0 Å². The highest BCUT2D eigenvalue weighted by Crippen LogP contribution is 2.37. The van der Waals surface area contributed by atoms with E-state index >= 15 is 0 Å². The lowest BCUT2D eigenvalue weighted by molar-refractivity contribution is -0.137. The minimum absolute atomic E-state index is 0.0327. The van der Waals surface area contributed by atoms with E-state index < -0.39 is 18.1 Å². The molecule has 1 unspecified atom stereocenters. The van der Waals surface area contributed by atoms with Crippen LogP contribution in [0.4, 0.5) is 0 Å². The van der Waals surface area contributed by atoms with Crippen LogP contribution in [0.5, 0.6) is 5.75 Å². The zero-order valence-electron chi connectivity index (χ0n) is 17.4. The number of aliphatic carboxylic acids is 1. The van der Waals surface area contributed by atoms with E-state index in [1.165, 1.54) is 0 Å². The number of carbonyl (C=O) groups excluding carboxylic acids is 1. The van der Waals surface area contributed by atoms with Crippen molar-refractivity contribution in [3.8, 4) is 5.75 Å². The number of benzene rings is 1. The number of aliphatic hydroxyl groups is 1. The standard InChI is InChI=1S/C23H31NO6/c1-16-7-6-8-18(13-16)30-15-17(25)11-12-19-20(22(26)14-21(19)24-29)9-4-2-3-5-10-23(27)28/h2,4,6-8,13,17,19-21,25H,3,5,9-12,14-15H2,1H3,(H,27,28)/t17-,19-,20-,21?/m1/s1. The third-order valence-corrected chi connectivity index (χ3v) is 5.55. The summed E-state index contributed by atoms with van der Waals surface area (Å²) in [6.45, 7) is 2.12. The molecule has 0 heterocycles. The van der Waals surface area contributed by atoms with Crippen molar-refractivity contribution in [3.05, 3.63) is 46.9 Å². The molecule has 0 saturated heterocycles. The lowest BCUT2D eigenvalue weighted by Crippen LogP contribution is -2.24. The molecule has 0 aliphatic heterocycles. The second kappa shape index (κ2) is 12.2. The van der Waals surface area contributed by atoms with Crippen molar-refractivity contribution in [1.29, 1.82) is 0 Å². The van der Waals surface area contributed by atoms with Gasteiger partial charge in [-0.2, -0.15) is 4.91 Å². The van der Waals surface area contributed by atoms with Crippen molar-refractivity contribution in [2.45, 2.75) is 64.0 Å². The minimum Gasteiger partial charge on any atom is -0.491 e. The summed E-state index contributed by atoms with van der Waals surface area (Å²) >= 11 is 0. The Morgan fingerprint density at radius 1 is 1.37 bits per heavy atom. The number of hydrogen-bond acceptors (Lipinski definition) is 6. The summed E-state index contributed by atoms with van der Waals surface area (Å²) in [7, 11) is 0. The molecular weight excluding hydrogens is 386 g/mol. The first-order valence-electron chi connectivity index (χ1n) is 10.5. The van der Waals surface area contributed by atoms with Crippen LogP contribution in [-0.2, 0) is 9.59 Å². The number of carboxylic acids is 1. The van der Waals surface area contributed by atoms with E-state index in [1.54, 1.807) is 0 Å². The molecule has 2 N–H and O–H groups in total. The van der Waals surface area contributed by atoms with Crippen molar-refractivity contribution in [1.82, 2.24) is 0 Å². The van der Waals surface area contributed by atoms with Crippen LogP contribution in [0.15, 0.2) is 41.6 Å². The number of nitroso groups, excluding NO2 is 1. The second-order valence-corrected chi connectivity index (χ2v) is 7.97. The first-order valence-corrected chi connectivity index (χ1v) is 10.5. The van der Waals surface area contributed by atoms with Gasteiger partial charge in [-0.05, 0) is 62.6 Å². The SMILES string of the molecule is Cc1cccc(OC[C@H](O)CC[C@H]2C(N=O)CC(=O)[C@@H]2CC=CCCCC(=O)O)c1. The van der Waals surface area contributed by atoms with Crippen molar-refractivity contribution < 1.29 is 24.5 Å². The average Bonchev–Trinajstić information content (AvgIpc) is 3.02. The Kier molecular flexibility index (Phi) is 9.67. The Labute approximate surface area is 177 Å². The highest BCUT2D eigenvalue weighted by molar-refractivity contribution is 5.84. The lowest BCUT2D eigenvalue weighted by atomic mass is 9.86. The normalized spacial score (nSPS) is 22.3. The molecule has 1 aliphatic rings. The summed E-state index contributed by atoms with van der Waals surface area (Å²) < 4.78 is 5.63. The van der Waals surface area contributed by atoms with E-state index in [2.05, 4.69) is 5.18 Å². The molecule has 164 valence electrons. The van der Waals surface area contributed by atoms with Crippen molar-refractivity contribution in [3.63, 3.8) is 0 Å². The van der Waals surface area contributed by atoms with Gasteiger partial charge in [-0.15, -0.1) is 0 Å². The van der Waals surface area contributed by atoms with Gasteiger partial charge in [0.05, 0.1) is 6.10 Å².